The second-order valence-corrected chi connectivity index (χ2v) is 10.3. The molecule has 0 saturated heterocycles. The van der Waals surface area contributed by atoms with Crippen LogP contribution >= 0.6 is 11.3 Å². The maximum absolute atomic E-state index is 12.4. The molecule has 188 valence electrons. The van der Waals surface area contributed by atoms with E-state index >= 15 is 0 Å². The Morgan fingerprint density at radius 1 is 1.26 bits per heavy atom. The van der Waals surface area contributed by atoms with Crippen LogP contribution in [0.2, 0.25) is 0 Å². The van der Waals surface area contributed by atoms with E-state index in [1.165, 1.54) is 11.3 Å². The Bertz CT molecular complexity index is 928. The van der Waals surface area contributed by atoms with E-state index in [0.717, 1.165) is 75.2 Å². The Balaban J connectivity index is 1.13. The van der Waals surface area contributed by atoms with E-state index in [1.807, 2.05) is 6.92 Å². The molecule has 11 heteroatoms. The standard InChI is InChI=1S/C23H31F3N4O3S/c1-15-13-27-21(33-15)12-20(31)28-17-4-2-16(3-5-17)6-9-30-10-7-18-19(8-11-30)34-22(29-18)32-14-23(24,25)26/h13,16-17H,2-12,14H2,1H3,(H,28,31). The number of oxazole rings is 1. The number of alkyl halides is 3. The van der Waals surface area contributed by atoms with Crippen molar-refractivity contribution in [2.45, 2.75) is 70.5 Å². The third kappa shape index (κ3) is 7.43. The van der Waals surface area contributed by atoms with Gasteiger partial charge in [0.1, 0.15) is 12.2 Å². The number of nitrogens with one attached hydrogen (secondary N) is 1. The molecule has 1 fully saturated rings. The van der Waals surface area contributed by atoms with Gasteiger partial charge in [-0.3, -0.25) is 4.79 Å². The first-order chi connectivity index (χ1) is 16.2. The minimum Gasteiger partial charge on any atom is -0.460 e. The molecular formula is C23H31F3N4O3S. The number of ether oxygens (including phenoxy) is 1. The van der Waals surface area contributed by atoms with Gasteiger partial charge in [0.05, 0.1) is 11.9 Å². The largest absolute Gasteiger partial charge is 0.460 e. The van der Waals surface area contributed by atoms with E-state index in [9.17, 15) is 18.0 Å². The first-order valence-electron chi connectivity index (χ1n) is 11.8. The second-order valence-electron chi connectivity index (χ2n) is 9.21. The lowest BCUT2D eigenvalue weighted by molar-refractivity contribution is -0.153. The van der Waals surface area contributed by atoms with E-state index in [1.54, 1.807) is 6.20 Å². The van der Waals surface area contributed by atoms with Crippen molar-refractivity contribution < 1.29 is 27.1 Å². The topological polar surface area (TPSA) is 80.5 Å². The van der Waals surface area contributed by atoms with Gasteiger partial charge < -0.3 is 19.4 Å². The summed E-state index contributed by atoms with van der Waals surface area (Å²) < 4.78 is 47.3. The summed E-state index contributed by atoms with van der Waals surface area (Å²) in [7, 11) is 0. The van der Waals surface area contributed by atoms with Gasteiger partial charge in [0, 0.05) is 30.4 Å². The predicted octanol–water partition coefficient (Wildman–Crippen LogP) is 4.09. The van der Waals surface area contributed by atoms with Crippen molar-refractivity contribution >= 4 is 17.2 Å². The molecule has 0 bridgehead atoms. The number of aromatic nitrogens is 2. The summed E-state index contributed by atoms with van der Waals surface area (Å²) in [4.78, 5) is 24.1. The summed E-state index contributed by atoms with van der Waals surface area (Å²) >= 11 is 1.24. The van der Waals surface area contributed by atoms with Crippen molar-refractivity contribution in [1.29, 1.82) is 0 Å². The van der Waals surface area contributed by atoms with Crippen LogP contribution in [-0.4, -0.2) is 59.2 Å². The van der Waals surface area contributed by atoms with Crippen LogP contribution in [0.5, 0.6) is 5.19 Å². The molecule has 34 heavy (non-hydrogen) atoms. The van der Waals surface area contributed by atoms with E-state index in [4.69, 9.17) is 9.15 Å². The molecule has 1 aliphatic heterocycles. The van der Waals surface area contributed by atoms with Crippen LogP contribution in [0.3, 0.4) is 0 Å². The molecule has 0 atom stereocenters. The molecule has 7 nitrogen and oxygen atoms in total. The van der Waals surface area contributed by atoms with E-state index in [0.29, 0.717) is 17.6 Å². The number of fused-ring (bicyclic) bond motifs is 1. The van der Waals surface area contributed by atoms with E-state index in [-0.39, 0.29) is 23.6 Å². The molecular weight excluding hydrogens is 469 g/mol. The number of carbonyl (C=O) groups is 1. The first-order valence-corrected chi connectivity index (χ1v) is 12.7. The monoisotopic (exact) mass is 500 g/mol. The molecule has 2 aliphatic rings. The van der Waals surface area contributed by atoms with Crippen LogP contribution in [0, 0.1) is 12.8 Å². The Hall–Kier alpha value is -2.14. The average molecular weight is 501 g/mol. The lowest BCUT2D eigenvalue weighted by Gasteiger charge is -2.30. The number of nitrogens with zero attached hydrogens (tertiary/aromatic N) is 3. The molecule has 1 N–H and O–H groups in total. The summed E-state index contributed by atoms with van der Waals surface area (Å²) in [6.45, 7) is 3.28. The number of halogens is 3. The second kappa shape index (κ2) is 11.1. The molecule has 0 unspecified atom stereocenters. The highest BCUT2D eigenvalue weighted by atomic mass is 32.1. The van der Waals surface area contributed by atoms with Crippen LogP contribution < -0.4 is 10.1 Å². The third-order valence-corrected chi connectivity index (χ3v) is 7.55. The Morgan fingerprint density at radius 2 is 2.03 bits per heavy atom. The molecule has 1 amide bonds. The molecule has 2 aromatic heterocycles. The molecule has 2 aromatic rings. The zero-order valence-electron chi connectivity index (χ0n) is 19.3. The molecule has 0 radical (unpaired) electrons. The maximum Gasteiger partial charge on any atom is 0.422 e. The highest BCUT2D eigenvalue weighted by molar-refractivity contribution is 7.13. The molecule has 1 saturated carbocycles. The van der Waals surface area contributed by atoms with Gasteiger partial charge in [0.15, 0.2) is 6.61 Å². The van der Waals surface area contributed by atoms with Gasteiger partial charge >= 0.3 is 6.18 Å². The Kier molecular flexibility index (Phi) is 8.13. The number of carbonyl (C=O) groups excluding carboxylic acids is 1. The number of aryl methyl sites for hydroxylation is 1. The van der Waals surface area contributed by atoms with Crippen molar-refractivity contribution in [3.63, 3.8) is 0 Å². The first kappa shape index (κ1) is 25.0. The van der Waals surface area contributed by atoms with E-state index < -0.39 is 12.8 Å². The van der Waals surface area contributed by atoms with Crippen molar-refractivity contribution in [1.82, 2.24) is 20.2 Å². The maximum atomic E-state index is 12.4. The number of rotatable bonds is 8. The van der Waals surface area contributed by atoms with Crippen LogP contribution in [-0.2, 0) is 24.1 Å². The third-order valence-electron chi connectivity index (χ3n) is 6.48. The van der Waals surface area contributed by atoms with Gasteiger partial charge in [-0.15, -0.1) is 0 Å². The van der Waals surface area contributed by atoms with Crippen molar-refractivity contribution in [3.05, 3.63) is 28.4 Å². The number of amides is 1. The van der Waals surface area contributed by atoms with Gasteiger partial charge in [-0.2, -0.15) is 13.2 Å². The van der Waals surface area contributed by atoms with Crippen LogP contribution in [0.1, 0.15) is 54.3 Å². The van der Waals surface area contributed by atoms with Gasteiger partial charge in [0.2, 0.25) is 11.8 Å². The molecule has 3 heterocycles. The van der Waals surface area contributed by atoms with Crippen LogP contribution in [0.4, 0.5) is 13.2 Å². The SMILES string of the molecule is Cc1cnc(CC(=O)NC2CCC(CCN3CCc4nc(OCC(F)(F)F)sc4CC3)CC2)o1. The Morgan fingerprint density at radius 3 is 2.74 bits per heavy atom. The summed E-state index contributed by atoms with van der Waals surface area (Å²) in [5.74, 6) is 1.78. The lowest BCUT2D eigenvalue weighted by Crippen LogP contribution is -2.39. The molecule has 4 rings (SSSR count). The van der Waals surface area contributed by atoms with Crippen LogP contribution in [0.15, 0.2) is 10.6 Å². The molecule has 0 aromatic carbocycles. The van der Waals surface area contributed by atoms with Crippen molar-refractivity contribution in [2.24, 2.45) is 5.92 Å². The Labute approximate surface area is 201 Å². The summed E-state index contributed by atoms with van der Waals surface area (Å²) in [6.07, 6.45) is 4.30. The highest BCUT2D eigenvalue weighted by Crippen LogP contribution is 2.31. The highest BCUT2D eigenvalue weighted by Gasteiger charge is 2.30. The minimum absolute atomic E-state index is 0.0390. The number of hydrogen-bond acceptors (Lipinski definition) is 7. The van der Waals surface area contributed by atoms with Gasteiger partial charge in [-0.25, -0.2) is 9.97 Å². The zero-order chi connectivity index (χ0) is 24.1. The summed E-state index contributed by atoms with van der Waals surface area (Å²) in [6, 6.07) is 0.216. The van der Waals surface area contributed by atoms with Gasteiger partial charge in [-0.05, 0) is 57.9 Å². The van der Waals surface area contributed by atoms with Gasteiger partial charge in [-0.1, -0.05) is 11.3 Å². The fourth-order valence-corrected chi connectivity index (χ4v) is 5.62. The predicted molar refractivity (Wildman–Crippen MR) is 121 cm³/mol. The minimum atomic E-state index is -4.35. The van der Waals surface area contributed by atoms with Crippen molar-refractivity contribution in [2.75, 3.05) is 26.2 Å². The number of thiazole rings is 1. The average Bonchev–Trinajstić information content (AvgIpc) is 3.32. The lowest BCUT2D eigenvalue weighted by atomic mass is 9.84. The van der Waals surface area contributed by atoms with Gasteiger partial charge in [0.25, 0.3) is 5.19 Å². The molecule has 0 spiro atoms. The quantitative estimate of drug-likeness (QED) is 0.588. The van der Waals surface area contributed by atoms with E-state index in [2.05, 4.69) is 20.2 Å². The molecule has 1 aliphatic carbocycles. The van der Waals surface area contributed by atoms with Crippen molar-refractivity contribution in [3.8, 4) is 5.19 Å². The fourth-order valence-electron chi connectivity index (χ4n) is 4.67. The van der Waals surface area contributed by atoms with Crippen LogP contribution in [0.25, 0.3) is 0 Å². The summed E-state index contributed by atoms with van der Waals surface area (Å²) in [5.41, 5.74) is 0.876. The smallest absolute Gasteiger partial charge is 0.422 e. The summed E-state index contributed by atoms with van der Waals surface area (Å²) in [5, 5.41) is 3.23. The normalized spacial score (nSPS) is 21.6. The number of hydrogen-bond donors (Lipinski definition) is 1. The zero-order valence-corrected chi connectivity index (χ0v) is 20.1. The fraction of sp³-hybridized carbons (Fsp3) is 0.696.